The van der Waals surface area contributed by atoms with E-state index in [0.29, 0.717) is 29.4 Å². The van der Waals surface area contributed by atoms with E-state index in [-0.39, 0.29) is 11.8 Å². The molecule has 0 radical (unpaired) electrons. The molecule has 2 aromatic rings. The van der Waals surface area contributed by atoms with E-state index >= 15 is 0 Å². The summed E-state index contributed by atoms with van der Waals surface area (Å²) >= 11 is 1.43. The number of carbonyl (C=O) groups is 2. The van der Waals surface area contributed by atoms with Gasteiger partial charge in [0.2, 0.25) is 5.91 Å². The molecule has 0 spiro atoms. The maximum absolute atomic E-state index is 13.3. The van der Waals surface area contributed by atoms with Crippen molar-refractivity contribution in [1.82, 2.24) is 4.90 Å². The first kappa shape index (κ1) is 17.0. The molecule has 0 saturated heterocycles. The van der Waals surface area contributed by atoms with Gasteiger partial charge in [-0.25, -0.2) is 0 Å². The lowest BCUT2D eigenvalue weighted by molar-refractivity contribution is -0.117. The van der Waals surface area contributed by atoms with Gasteiger partial charge in [-0.2, -0.15) is 0 Å². The molecule has 6 heteroatoms. The Morgan fingerprint density at radius 1 is 1.27 bits per heavy atom. The van der Waals surface area contributed by atoms with Crippen LogP contribution in [0.4, 0.5) is 17.1 Å². The van der Waals surface area contributed by atoms with E-state index in [9.17, 15) is 9.59 Å². The zero-order chi connectivity index (χ0) is 18.3. The molecule has 5 nitrogen and oxygen atoms in total. The van der Waals surface area contributed by atoms with Crippen LogP contribution in [0, 0.1) is 0 Å². The summed E-state index contributed by atoms with van der Waals surface area (Å²) in [4.78, 5) is 29.8. The van der Waals surface area contributed by atoms with E-state index in [2.05, 4.69) is 30.3 Å². The number of likely N-dealkylation sites (N-methyl/N-ethyl adjacent to an activating group) is 1. The minimum atomic E-state index is -0.170. The minimum Gasteiger partial charge on any atom is -0.320 e. The number of carbonyl (C=O) groups excluding carboxylic acids is 2. The Hall–Kier alpha value is -2.44. The van der Waals surface area contributed by atoms with E-state index in [1.807, 2.05) is 29.6 Å². The molecule has 2 aliphatic rings. The Bertz CT molecular complexity index is 902. The Balaban J connectivity index is 1.72. The standard InChI is InChI=1S/C20H21N3O2S/c1-13-9-14(7-8-22(13)2)10-19(24)23-17-6-4-3-5-16(17)21-20(25)15-11-26-12-18(15)23/h3-6,9,11-13H,7-8,10H2,1-2H3,(H,21,25). The highest BCUT2D eigenvalue weighted by molar-refractivity contribution is 7.08. The summed E-state index contributed by atoms with van der Waals surface area (Å²) in [6.07, 6.45) is 3.45. The molecule has 0 fully saturated rings. The van der Waals surface area contributed by atoms with Gasteiger partial charge in [-0.1, -0.05) is 23.8 Å². The highest BCUT2D eigenvalue weighted by Crippen LogP contribution is 2.40. The third-order valence-electron chi connectivity index (χ3n) is 5.11. The number of hydrogen-bond acceptors (Lipinski definition) is 4. The maximum atomic E-state index is 13.3. The fourth-order valence-electron chi connectivity index (χ4n) is 3.49. The molecule has 2 aliphatic heterocycles. The number of nitrogens with one attached hydrogen (secondary N) is 1. The van der Waals surface area contributed by atoms with Crippen molar-refractivity contribution >= 4 is 40.2 Å². The lowest BCUT2D eigenvalue weighted by Crippen LogP contribution is -2.34. The van der Waals surface area contributed by atoms with E-state index in [1.54, 1.807) is 10.3 Å². The molecule has 0 bridgehead atoms. The number of para-hydroxylation sites is 2. The minimum absolute atomic E-state index is 0.00315. The molecule has 3 heterocycles. The first-order valence-corrected chi connectivity index (χ1v) is 9.68. The molecule has 1 unspecified atom stereocenters. The molecule has 1 N–H and O–H groups in total. The normalized spacial score (nSPS) is 19.9. The maximum Gasteiger partial charge on any atom is 0.258 e. The Morgan fingerprint density at radius 2 is 2.08 bits per heavy atom. The van der Waals surface area contributed by atoms with Gasteiger partial charge < -0.3 is 5.32 Å². The second kappa shape index (κ2) is 6.70. The van der Waals surface area contributed by atoms with E-state index in [1.165, 1.54) is 16.9 Å². The summed E-state index contributed by atoms with van der Waals surface area (Å²) in [5.74, 6) is -0.173. The van der Waals surface area contributed by atoms with Gasteiger partial charge in [0.25, 0.3) is 5.91 Å². The number of hydrogen-bond donors (Lipinski definition) is 1. The summed E-state index contributed by atoms with van der Waals surface area (Å²) in [5, 5.41) is 6.59. The summed E-state index contributed by atoms with van der Waals surface area (Å²) in [6.45, 7) is 3.10. The van der Waals surface area contributed by atoms with Crippen LogP contribution in [0.25, 0.3) is 0 Å². The van der Waals surface area contributed by atoms with Crippen molar-refractivity contribution in [3.8, 4) is 0 Å². The van der Waals surface area contributed by atoms with Crippen molar-refractivity contribution in [3.63, 3.8) is 0 Å². The number of rotatable bonds is 2. The van der Waals surface area contributed by atoms with Crippen LogP contribution >= 0.6 is 11.3 Å². The molecule has 0 saturated carbocycles. The van der Waals surface area contributed by atoms with Gasteiger partial charge in [0.1, 0.15) is 0 Å². The zero-order valence-corrected chi connectivity index (χ0v) is 15.7. The van der Waals surface area contributed by atoms with E-state index < -0.39 is 0 Å². The van der Waals surface area contributed by atoms with Crippen LogP contribution in [0.15, 0.2) is 46.7 Å². The second-order valence-corrected chi connectivity index (χ2v) is 7.59. The summed E-state index contributed by atoms with van der Waals surface area (Å²) in [6, 6.07) is 7.80. The van der Waals surface area contributed by atoms with Crippen molar-refractivity contribution in [2.75, 3.05) is 23.8 Å². The quantitative estimate of drug-likeness (QED) is 0.816. The van der Waals surface area contributed by atoms with E-state index in [4.69, 9.17) is 0 Å². The predicted octanol–water partition coefficient (Wildman–Crippen LogP) is 4.02. The number of nitrogens with zero attached hydrogens (tertiary/aromatic N) is 2. The molecule has 1 aromatic carbocycles. The monoisotopic (exact) mass is 367 g/mol. The van der Waals surface area contributed by atoms with Crippen LogP contribution in [0.1, 0.15) is 30.1 Å². The molecular formula is C20H21N3O2S. The zero-order valence-electron chi connectivity index (χ0n) is 14.9. The highest BCUT2D eigenvalue weighted by Gasteiger charge is 2.30. The molecule has 0 aliphatic carbocycles. The lowest BCUT2D eigenvalue weighted by Gasteiger charge is -2.29. The molecule has 134 valence electrons. The molecule has 26 heavy (non-hydrogen) atoms. The van der Waals surface area contributed by atoms with Crippen LogP contribution in [0.3, 0.4) is 0 Å². The Morgan fingerprint density at radius 3 is 2.88 bits per heavy atom. The SMILES string of the molecule is CC1C=C(CC(=O)N2c3ccccc3NC(=O)c3cscc32)CCN1C. The Labute approximate surface area is 156 Å². The van der Waals surface area contributed by atoms with Crippen molar-refractivity contribution < 1.29 is 9.59 Å². The molecule has 1 atom stereocenters. The Kier molecular flexibility index (Phi) is 4.38. The molecule has 2 amide bonds. The first-order chi connectivity index (χ1) is 12.5. The number of thiophene rings is 1. The third kappa shape index (κ3) is 2.95. The number of anilines is 3. The average molecular weight is 367 g/mol. The van der Waals surface area contributed by atoms with Crippen LogP contribution in [0.5, 0.6) is 0 Å². The van der Waals surface area contributed by atoms with Gasteiger partial charge in [-0.3, -0.25) is 19.4 Å². The van der Waals surface area contributed by atoms with Crippen molar-refractivity contribution in [3.05, 3.63) is 52.2 Å². The molecule has 1 aromatic heterocycles. The highest BCUT2D eigenvalue weighted by atomic mass is 32.1. The average Bonchev–Trinajstić information content (AvgIpc) is 3.05. The predicted molar refractivity (Wildman–Crippen MR) is 105 cm³/mol. The van der Waals surface area contributed by atoms with Gasteiger partial charge in [-0.15, -0.1) is 11.3 Å². The first-order valence-electron chi connectivity index (χ1n) is 8.74. The van der Waals surface area contributed by atoms with Crippen LogP contribution < -0.4 is 10.2 Å². The molecule has 4 rings (SSSR count). The number of amides is 2. The van der Waals surface area contributed by atoms with Gasteiger partial charge in [0, 0.05) is 29.8 Å². The van der Waals surface area contributed by atoms with Gasteiger partial charge in [0.15, 0.2) is 0 Å². The van der Waals surface area contributed by atoms with Crippen molar-refractivity contribution in [2.45, 2.75) is 25.8 Å². The van der Waals surface area contributed by atoms with Gasteiger partial charge in [0.05, 0.1) is 22.6 Å². The molecular weight excluding hydrogens is 346 g/mol. The van der Waals surface area contributed by atoms with Crippen LogP contribution in [0.2, 0.25) is 0 Å². The van der Waals surface area contributed by atoms with Crippen LogP contribution in [-0.4, -0.2) is 36.3 Å². The lowest BCUT2D eigenvalue weighted by atomic mass is 10.00. The van der Waals surface area contributed by atoms with Gasteiger partial charge in [-0.05, 0) is 32.5 Å². The summed E-state index contributed by atoms with van der Waals surface area (Å²) in [5.41, 5.74) is 3.77. The van der Waals surface area contributed by atoms with Crippen molar-refractivity contribution in [1.29, 1.82) is 0 Å². The summed E-state index contributed by atoms with van der Waals surface area (Å²) in [7, 11) is 2.10. The smallest absolute Gasteiger partial charge is 0.258 e. The topological polar surface area (TPSA) is 52.7 Å². The van der Waals surface area contributed by atoms with Crippen molar-refractivity contribution in [2.24, 2.45) is 0 Å². The second-order valence-electron chi connectivity index (χ2n) is 6.84. The van der Waals surface area contributed by atoms with Gasteiger partial charge >= 0.3 is 0 Å². The summed E-state index contributed by atoms with van der Waals surface area (Å²) < 4.78 is 0. The fraction of sp³-hybridized carbons (Fsp3) is 0.300. The van der Waals surface area contributed by atoms with E-state index in [0.717, 1.165) is 18.7 Å². The third-order valence-corrected chi connectivity index (χ3v) is 5.84. The number of fused-ring (bicyclic) bond motifs is 2. The fourth-order valence-corrected chi connectivity index (χ4v) is 4.28. The number of benzene rings is 1. The van der Waals surface area contributed by atoms with Crippen LogP contribution in [-0.2, 0) is 4.79 Å². The largest absolute Gasteiger partial charge is 0.320 e.